The van der Waals surface area contributed by atoms with Gasteiger partial charge in [0.1, 0.15) is 23.8 Å². The van der Waals surface area contributed by atoms with Crippen molar-refractivity contribution in [2.75, 3.05) is 13.2 Å². The lowest BCUT2D eigenvalue weighted by atomic mass is 9.76. The molecule has 2 N–H and O–H groups in total. The predicted octanol–water partition coefficient (Wildman–Crippen LogP) is 4.00. The Balaban J connectivity index is 1.56. The van der Waals surface area contributed by atoms with Crippen molar-refractivity contribution in [2.45, 2.75) is 24.1 Å². The van der Waals surface area contributed by atoms with Crippen LogP contribution in [0, 0.1) is 0 Å². The molecule has 0 bridgehead atoms. The number of hydrogen-bond acceptors (Lipinski definition) is 5. The zero-order valence-corrected chi connectivity index (χ0v) is 19.6. The fourth-order valence-corrected chi connectivity index (χ4v) is 4.30. The Hall–Kier alpha value is -2.21. The van der Waals surface area contributed by atoms with Crippen molar-refractivity contribution >= 4 is 56.7 Å². The summed E-state index contributed by atoms with van der Waals surface area (Å²) in [5.41, 5.74) is 0.240. The van der Waals surface area contributed by atoms with Gasteiger partial charge in [0.15, 0.2) is 0 Å². The van der Waals surface area contributed by atoms with E-state index in [4.69, 9.17) is 28.0 Å². The molecule has 3 heterocycles. The molecule has 1 aromatic heterocycles. The molecule has 2 amide bonds. The Labute approximate surface area is 203 Å². The summed E-state index contributed by atoms with van der Waals surface area (Å²) in [5.74, 6) is -1.11. The van der Waals surface area contributed by atoms with Gasteiger partial charge in [0.2, 0.25) is 0 Å². The Morgan fingerprint density at radius 3 is 2.52 bits per heavy atom. The molecule has 7 nitrogen and oxygen atoms in total. The first-order valence-corrected chi connectivity index (χ1v) is 11.0. The summed E-state index contributed by atoms with van der Waals surface area (Å²) in [6.45, 7) is -0.567. The molecule has 4 rings (SSSR count). The van der Waals surface area contributed by atoms with E-state index in [0.717, 1.165) is 0 Å². The van der Waals surface area contributed by atoms with E-state index < -0.39 is 42.4 Å². The van der Waals surface area contributed by atoms with Gasteiger partial charge in [-0.25, -0.2) is 5.48 Å². The maximum absolute atomic E-state index is 14.3. The summed E-state index contributed by atoms with van der Waals surface area (Å²) in [6, 6.07) is 4.42. The van der Waals surface area contributed by atoms with Crippen LogP contribution in [0.4, 0.5) is 13.2 Å². The van der Waals surface area contributed by atoms with Crippen LogP contribution in [-0.4, -0.2) is 47.9 Å². The van der Waals surface area contributed by atoms with E-state index >= 15 is 0 Å². The number of pyridine rings is 1. The van der Waals surface area contributed by atoms with Crippen LogP contribution in [0.1, 0.15) is 28.0 Å². The van der Waals surface area contributed by atoms with Gasteiger partial charge < -0.3 is 5.32 Å². The van der Waals surface area contributed by atoms with Gasteiger partial charge in [-0.2, -0.15) is 13.2 Å². The molecule has 2 aliphatic rings. The average Bonchev–Trinajstić information content (AvgIpc) is 3.39. The third kappa shape index (κ3) is 4.46. The van der Waals surface area contributed by atoms with Crippen molar-refractivity contribution in [1.82, 2.24) is 15.8 Å². The lowest BCUT2D eigenvalue weighted by Gasteiger charge is -2.32. The summed E-state index contributed by atoms with van der Waals surface area (Å²) in [6.07, 6.45) is -3.81. The van der Waals surface area contributed by atoms with Crippen molar-refractivity contribution in [2.24, 2.45) is 4.99 Å². The first kappa shape index (κ1) is 23.9. The van der Waals surface area contributed by atoms with Gasteiger partial charge in [-0.15, -0.1) is 0 Å². The number of aromatic nitrogens is 1. The lowest BCUT2D eigenvalue weighted by molar-refractivity contribution is -0.183. The minimum atomic E-state index is -4.63. The number of halogens is 6. The van der Waals surface area contributed by atoms with Crippen molar-refractivity contribution in [3.05, 3.63) is 61.8 Å². The average molecular weight is 566 g/mol. The first-order chi connectivity index (χ1) is 15.5. The number of carbonyl (C=O) groups excluding carboxylic acids is 2. The molecule has 0 aliphatic carbocycles. The summed E-state index contributed by atoms with van der Waals surface area (Å²) in [7, 11) is 0. The highest BCUT2D eigenvalue weighted by Crippen LogP contribution is 2.49. The van der Waals surface area contributed by atoms with Crippen LogP contribution in [0.15, 0.2) is 39.9 Å². The number of rotatable bonds is 4. The molecule has 174 valence electrons. The Bertz CT molecular complexity index is 1140. The zero-order chi connectivity index (χ0) is 24.0. The molecular weight excluding hydrogens is 552 g/mol. The zero-order valence-electron chi connectivity index (χ0n) is 16.5. The van der Waals surface area contributed by atoms with E-state index in [1.54, 1.807) is 0 Å². The molecule has 1 aromatic carbocycles. The number of carbonyl (C=O) groups is 2. The minimum Gasteiger partial charge on any atom is -0.337 e. The monoisotopic (exact) mass is 564 g/mol. The maximum Gasteiger partial charge on any atom is 0.400 e. The van der Waals surface area contributed by atoms with Crippen molar-refractivity contribution in [3.8, 4) is 0 Å². The number of nitrogens with zero attached hydrogens (tertiary/aromatic N) is 2. The number of amides is 2. The van der Waals surface area contributed by atoms with Gasteiger partial charge in [0, 0.05) is 23.9 Å². The van der Waals surface area contributed by atoms with Gasteiger partial charge in [0.25, 0.3) is 11.8 Å². The Kier molecular flexibility index (Phi) is 6.43. The number of aliphatic imine (C=N–C) groups is 1. The second-order valence-corrected chi connectivity index (χ2v) is 9.12. The molecule has 2 aromatic rings. The fourth-order valence-electron chi connectivity index (χ4n) is 3.58. The molecule has 33 heavy (non-hydrogen) atoms. The summed E-state index contributed by atoms with van der Waals surface area (Å²) >= 11 is 15.3. The molecule has 1 fully saturated rings. The van der Waals surface area contributed by atoms with E-state index in [-0.39, 0.29) is 33.6 Å². The summed E-state index contributed by atoms with van der Waals surface area (Å²) in [4.78, 5) is 36.7. The second kappa shape index (κ2) is 8.86. The van der Waals surface area contributed by atoms with E-state index in [2.05, 4.69) is 36.7 Å². The Morgan fingerprint density at radius 1 is 1.27 bits per heavy atom. The quantitative estimate of drug-likeness (QED) is 0.548. The van der Waals surface area contributed by atoms with Gasteiger partial charge in [-0.3, -0.25) is 24.4 Å². The van der Waals surface area contributed by atoms with Gasteiger partial charge in [0.05, 0.1) is 21.1 Å². The van der Waals surface area contributed by atoms with Crippen LogP contribution in [0.2, 0.25) is 10.0 Å². The maximum atomic E-state index is 14.3. The molecule has 1 saturated heterocycles. The van der Waals surface area contributed by atoms with Gasteiger partial charge in [-0.1, -0.05) is 23.2 Å². The van der Waals surface area contributed by atoms with Gasteiger partial charge in [-0.05, 0) is 45.8 Å². The molecular formula is C20H14BrCl2F3N4O3. The third-order valence-corrected chi connectivity index (χ3v) is 7.37. The van der Waals surface area contributed by atoms with E-state index in [1.165, 1.54) is 30.5 Å². The molecule has 2 atom stereocenters. The molecule has 0 saturated carbocycles. The molecule has 2 unspecified atom stereocenters. The van der Waals surface area contributed by atoms with Crippen LogP contribution < -0.4 is 10.8 Å². The van der Waals surface area contributed by atoms with Crippen LogP contribution in [0.3, 0.4) is 0 Å². The second-order valence-electron chi connectivity index (χ2n) is 7.51. The summed E-state index contributed by atoms with van der Waals surface area (Å²) < 4.78 is 43.1. The predicted molar refractivity (Wildman–Crippen MR) is 118 cm³/mol. The van der Waals surface area contributed by atoms with E-state index in [1.807, 2.05) is 0 Å². The highest BCUT2D eigenvalue weighted by atomic mass is 79.9. The van der Waals surface area contributed by atoms with Crippen LogP contribution in [0.25, 0.3) is 0 Å². The molecule has 0 spiro atoms. The van der Waals surface area contributed by atoms with Crippen molar-refractivity contribution in [1.29, 1.82) is 0 Å². The van der Waals surface area contributed by atoms with Crippen LogP contribution in [0.5, 0.6) is 0 Å². The van der Waals surface area contributed by atoms with E-state index in [0.29, 0.717) is 10.0 Å². The SMILES string of the molecule is O=C(NC1CONC1=O)c1ccc(C2=NCC(c3cc(Cl)c(Br)c(Cl)c3)(C(F)(F)F)C2)cn1. The first-order valence-electron chi connectivity index (χ1n) is 9.46. The Morgan fingerprint density at radius 2 is 1.97 bits per heavy atom. The van der Waals surface area contributed by atoms with Crippen LogP contribution in [-0.2, 0) is 15.0 Å². The normalized spacial score (nSPS) is 22.8. The lowest BCUT2D eigenvalue weighted by Crippen LogP contribution is -2.43. The topological polar surface area (TPSA) is 92.7 Å². The highest BCUT2D eigenvalue weighted by molar-refractivity contribution is 9.10. The largest absolute Gasteiger partial charge is 0.400 e. The fraction of sp³-hybridized carbons (Fsp3) is 0.300. The van der Waals surface area contributed by atoms with Crippen molar-refractivity contribution < 1.29 is 27.6 Å². The number of nitrogens with one attached hydrogen (secondary N) is 2. The van der Waals surface area contributed by atoms with Crippen molar-refractivity contribution in [3.63, 3.8) is 0 Å². The number of hydrogen-bond donors (Lipinski definition) is 2. The van der Waals surface area contributed by atoms with Crippen LogP contribution >= 0.6 is 39.1 Å². The van der Waals surface area contributed by atoms with E-state index in [9.17, 15) is 22.8 Å². The number of benzene rings is 1. The number of alkyl halides is 3. The number of hydroxylamine groups is 1. The molecule has 13 heteroatoms. The summed E-state index contributed by atoms with van der Waals surface area (Å²) in [5, 5.41) is 2.58. The minimum absolute atomic E-state index is 0.00870. The molecule has 2 aliphatic heterocycles. The smallest absolute Gasteiger partial charge is 0.337 e. The third-order valence-electron chi connectivity index (χ3n) is 5.46. The standard InChI is InChI=1S/C20H14BrCl2F3N4O3/c21-16-11(22)3-10(4-12(16)23)19(20(24,25)26)5-14(28-8-19)9-1-2-13(27-6-9)17(31)29-15-7-33-30-18(15)32/h1-4,6,15H,5,7-8H2,(H,29,31)(H,30,32). The van der Waals surface area contributed by atoms with Gasteiger partial charge >= 0.3 is 6.18 Å². The molecule has 0 radical (unpaired) electrons. The highest BCUT2D eigenvalue weighted by Gasteiger charge is 2.58.